The third-order valence-corrected chi connectivity index (χ3v) is 7.88. The molecule has 2 N–H and O–H groups in total. The zero-order valence-corrected chi connectivity index (χ0v) is 18.3. The number of carbonyl (C=O) groups is 1. The molecule has 30 heavy (non-hydrogen) atoms. The van der Waals surface area contributed by atoms with Crippen LogP contribution in [0.3, 0.4) is 0 Å². The quantitative estimate of drug-likeness (QED) is 0.683. The molecule has 0 atom stereocenters. The standard InChI is InChI=1S/C24H30N2O3S/c1-18-7-13-22(14-8-18)30(28,29)26-21-11-9-20(10-12-21)24(15-16-24)23(27)25-17-19-5-3-2-4-6-19/h7-14,19,26H,2-6,15-17H2,1H3,(H,25,27). The smallest absolute Gasteiger partial charge is 0.261 e. The molecular formula is C24H30N2O3S. The van der Waals surface area contributed by atoms with E-state index in [2.05, 4.69) is 10.0 Å². The van der Waals surface area contributed by atoms with E-state index in [0.717, 1.165) is 30.5 Å². The third kappa shape index (κ3) is 4.53. The normalized spacial score (nSPS) is 18.6. The second-order valence-electron chi connectivity index (χ2n) is 8.79. The molecule has 2 fully saturated rings. The van der Waals surface area contributed by atoms with E-state index in [4.69, 9.17) is 0 Å². The van der Waals surface area contributed by atoms with Gasteiger partial charge in [0.2, 0.25) is 5.91 Å². The van der Waals surface area contributed by atoms with Crippen molar-refractivity contribution in [3.63, 3.8) is 0 Å². The van der Waals surface area contributed by atoms with Gasteiger partial charge < -0.3 is 5.32 Å². The van der Waals surface area contributed by atoms with Crippen molar-refractivity contribution in [3.05, 3.63) is 59.7 Å². The minimum atomic E-state index is -3.63. The summed E-state index contributed by atoms with van der Waals surface area (Å²) < 4.78 is 27.8. The molecule has 4 rings (SSSR count). The maximum absolute atomic E-state index is 12.9. The lowest BCUT2D eigenvalue weighted by Gasteiger charge is -2.23. The molecule has 2 aliphatic rings. The maximum Gasteiger partial charge on any atom is 0.261 e. The van der Waals surface area contributed by atoms with Crippen molar-refractivity contribution in [1.29, 1.82) is 0 Å². The largest absolute Gasteiger partial charge is 0.355 e. The predicted octanol–water partition coefficient (Wildman–Crippen LogP) is 4.52. The first-order chi connectivity index (χ1) is 14.4. The Bertz CT molecular complexity index is 988. The Morgan fingerprint density at radius 3 is 2.20 bits per heavy atom. The highest BCUT2D eigenvalue weighted by molar-refractivity contribution is 7.92. The Balaban J connectivity index is 1.40. The van der Waals surface area contributed by atoms with Crippen LogP contribution in [-0.2, 0) is 20.2 Å². The minimum Gasteiger partial charge on any atom is -0.355 e. The van der Waals surface area contributed by atoms with Gasteiger partial charge in [-0.3, -0.25) is 9.52 Å². The van der Waals surface area contributed by atoms with Crippen molar-refractivity contribution in [2.45, 2.75) is 62.2 Å². The van der Waals surface area contributed by atoms with Gasteiger partial charge in [-0.25, -0.2) is 8.42 Å². The van der Waals surface area contributed by atoms with Gasteiger partial charge in [-0.05, 0) is 68.4 Å². The maximum atomic E-state index is 12.9. The average molecular weight is 427 g/mol. The van der Waals surface area contributed by atoms with Crippen LogP contribution in [0.2, 0.25) is 0 Å². The molecule has 2 aromatic carbocycles. The summed E-state index contributed by atoms with van der Waals surface area (Å²) in [6, 6.07) is 14.0. The van der Waals surface area contributed by atoms with Crippen molar-refractivity contribution in [3.8, 4) is 0 Å². The lowest BCUT2D eigenvalue weighted by molar-refractivity contribution is -0.123. The number of aryl methyl sites for hydroxylation is 1. The number of amides is 1. The van der Waals surface area contributed by atoms with E-state index in [1.165, 1.54) is 32.1 Å². The second kappa shape index (κ2) is 8.42. The molecule has 0 spiro atoms. The molecule has 0 radical (unpaired) electrons. The van der Waals surface area contributed by atoms with Crippen molar-refractivity contribution >= 4 is 21.6 Å². The molecule has 2 saturated carbocycles. The number of nitrogens with one attached hydrogen (secondary N) is 2. The van der Waals surface area contributed by atoms with Gasteiger partial charge in [0.15, 0.2) is 0 Å². The lowest BCUT2D eigenvalue weighted by atomic mass is 9.88. The molecular weight excluding hydrogens is 396 g/mol. The molecule has 2 aromatic rings. The highest BCUT2D eigenvalue weighted by Gasteiger charge is 2.51. The first-order valence-corrected chi connectivity index (χ1v) is 12.4. The van der Waals surface area contributed by atoms with Crippen LogP contribution in [0.15, 0.2) is 53.4 Å². The Morgan fingerprint density at radius 1 is 0.967 bits per heavy atom. The topological polar surface area (TPSA) is 75.3 Å². The number of hydrogen-bond donors (Lipinski definition) is 2. The van der Waals surface area contributed by atoms with Crippen molar-refractivity contribution in [1.82, 2.24) is 5.32 Å². The first kappa shape index (κ1) is 20.9. The molecule has 0 aromatic heterocycles. The molecule has 1 amide bonds. The highest BCUT2D eigenvalue weighted by atomic mass is 32.2. The molecule has 2 aliphatic carbocycles. The van der Waals surface area contributed by atoms with Gasteiger partial charge in [0.25, 0.3) is 10.0 Å². The number of benzene rings is 2. The second-order valence-corrected chi connectivity index (χ2v) is 10.5. The van der Waals surface area contributed by atoms with Crippen LogP contribution in [0, 0.1) is 12.8 Å². The molecule has 0 bridgehead atoms. The summed E-state index contributed by atoms with van der Waals surface area (Å²) in [5, 5.41) is 3.18. The SMILES string of the molecule is Cc1ccc(S(=O)(=O)Nc2ccc(C3(C(=O)NCC4CCCCC4)CC3)cc2)cc1. The number of rotatable bonds is 7. The Morgan fingerprint density at radius 2 is 1.60 bits per heavy atom. The molecule has 160 valence electrons. The summed E-state index contributed by atoms with van der Waals surface area (Å²) in [5.41, 5.74) is 2.03. The van der Waals surface area contributed by atoms with E-state index in [0.29, 0.717) is 11.6 Å². The van der Waals surface area contributed by atoms with Gasteiger partial charge in [-0.2, -0.15) is 0 Å². The lowest BCUT2D eigenvalue weighted by Crippen LogP contribution is -2.38. The summed E-state index contributed by atoms with van der Waals surface area (Å²) in [6.07, 6.45) is 7.97. The number of sulfonamides is 1. The predicted molar refractivity (Wildman–Crippen MR) is 119 cm³/mol. The zero-order chi connectivity index (χ0) is 21.2. The number of hydrogen-bond acceptors (Lipinski definition) is 3. The zero-order valence-electron chi connectivity index (χ0n) is 17.5. The van der Waals surface area contributed by atoms with E-state index in [1.807, 2.05) is 19.1 Å². The van der Waals surface area contributed by atoms with Crippen molar-refractivity contribution < 1.29 is 13.2 Å². The van der Waals surface area contributed by atoms with Crippen LogP contribution in [-0.4, -0.2) is 20.9 Å². The monoisotopic (exact) mass is 426 g/mol. The van der Waals surface area contributed by atoms with E-state index in [1.54, 1.807) is 36.4 Å². The summed E-state index contributed by atoms with van der Waals surface area (Å²) >= 11 is 0. The Hall–Kier alpha value is -2.34. The van der Waals surface area contributed by atoms with E-state index >= 15 is 0 Å². The van der Waals surface area contributed by atoms with E-state index in [9.17, 15) is 13.2 Å². The molecule has 5 nitrogen and oxygen atoms in total. The molecule has 0 unspecified atom stereocenters. The molecule has 6 heteroatoms. The van der Waals surface area contributed by atoms with Gasteiger partial charge in [0.05, 0.1) is 10.3 Å². The van der Waals surface area contributed by atoms with Crippen LogP contribution >= 0.6 is 0 Å². The Labute approximate surface area is 179 Å². The number of anilines is 1. The fraction of sp³-hybridized carbons (Fsp3) is 0.458. The van der Waals surface area contributed by atoms with Gasteiger partial charge in [0, 0.05) is 12.2 Å². The molecule has 0 aliphatic heterocycles. The fourth-order valence-corrected chi connectivity index (χ4v) is 5.42. The van der Waals surface area contributed by atoms with Crippen molar-refractivity contribution in [2.75, 3.05) is 11.3 Å². The van der Waals surface area contributed by atoms with Crippen LogP contribution < -0.4 is 10.0 Å². The summed E-state index contributed by atoms with van der Waals surface area (Å²) in [5.74, 6) is 0.720. The Kier molecular flexibility index (Phi) is 5.87. The van der Waals surface area contributed by atoms with E-state index in [-0.39, 0.29) is 10.8 Å². The summed E-state index contributed by atoms with van der Waals surface area (Å²) in [6.45, 7) is 2.69. The minimum absolute atomic E-state index is 0.112. The van der Waals surface area contributed by atoms with Crippen molar-refractivity contribution in [2.24, 2.45) is 5.92 Å². The third-order valence-electron chi connectivity index (χ3n) is 6.48. The van der Waals surface area contributed by atoms with Crippen LogP contribution in [0.1, 0.15) is 56.1 Å². The summed E-state index contributed by atoms with van der Waals surface area (Å²) in [7, 11) is -3.63. The molecule has 0 saturated heterocycles. The van der Waals surface area contributed by atoms with Crippen LogP contribution in [0.5, 0.6) is 0 Å². The number of carbonyl (C=O) groups excluding carboxylic acids is 1. The fourth-order valence-electron chi connectivity index (χ4n) is 4.36. The highest BCUT2D eigenvalue weighted by Crippen LogP contribution is 2.48. The van der Waals surface area contributed by atoms with Crippen LogP contribution in [0.25, 0.3) is 0 Å². The summed E-state index contributed by atoms with van der Waals surface area (Å²) in [4.78, 5) is 13.1. The van der Waals surface area contributed by atoms with Gasteiger partial charge in [0.1, 0.15) is 0 Å². The van der Waals surface area contributed by atoms with Gasteiger partial charge >= 0.3 is 0 Å². The average Bonchev–Trinajstić information content (AvgIpc) is 3.55. The van der Waals surface area contributed by atoms with Gasteiger partial charge in [-0.15, -0.1) is 0 Å². The first-order valence-electron chi connectivity index (χ1n) is 10.9. The van der Waals surface area contributed by atoms with Crippen LogP contribution in [0.4, 0.5) is 5.69 Å². The van der Waals surface area contributed by atoms with Gasteiger partial charge in [-0.1, -0.05) is 49.1 Å². The molecule has 0 heterocycles. The van der Waals surface area contributed by atoms with E-state index < -0.39 is 15.4 Å².